The molecule has 6 heteroatoms. The molecule has 0 aliphatic carbocycles. The topological polar surface area (TPSA) is 67.9 Å². The Bertz CT molecular complexity index is 1210. The van der Waals surface area contributed by atoms with Crippen LogP contribution < -0.4 is 4.74 Å². The summed E-state index contributed by atoms with van der Waals surface area (Å²) in [7, 11) is 1.63. The molecule has 0 bridgehead atoms. The largest absolute Gasteiger partial charge is 0.507 e. The maximum Gasteiger partial charge on any atom is 0.231 e. The van der Waals surface area contributed by atoms with E-state index in [1.165, 1.54) is 5.56 Å². The second-order valence-electron chi connectivity index (χ2n) is 6.53. The summed E-state index contributed by atoms with van der Waals surface area (Å²) in [6.45, 7) is 2.09. The molecule has 0 radical (unpaired) electrons. The van der Waals surface area contributed by atoms with Crippen LogP contribution in [0.4, 0.5) is 5.69 Å². The Morgan fingerprint density at radius 2 is 2.00 bits per heavy atom. The maximum atomic E-state index is 10.3. The fraction of sp³-hybridized carbons (Fsp3) is 0.130. The number of aliphatic imine (C=N–C) groups is 1. The Balaban J connectivity index is 1.66. The van der Waals surface area contributed by atoms with Gasteiger partial charge in [0, 0.05) is 6.21 Å². The van der Waals surface area contributed by atoms with Gasteiger partial charge in [0.2, 0.25) is 5.89 Å². The first kappa shape index (κ1) is 19.2. The number of ether oxygens (including phenoxy) is 1. The van der Waals surface area contributed by atoms with Gasteiger partial charge in [-0.25, -0.2) is 4.98 Å². The van der Waals surface area contributed by atoms with E-state index in [0.717, 1.165) is 27.7 Å². The van der Waals surface area contributed by atoms with Crippen molar-refractivity contribution in [3.8, 4) is 23.0 Å². The van der Waals surface area contributed by atoms with E-state index < -0.39 is 0 Å². The fourth-order valence-electron chi connectivity index (χ4n) is 3.00. The van der Waals surface area contributed by atoms with Gasteiger partial charge >= 0.3 is 0 Å². The van der Waals surface area contributed by atoms with Crippen LogP contribution in [0.3, 0.4) is 0 Å². The molecule has 3 aromatic carbocycles. The summed E-state index contributed by atoms with van der Waals surface area (Å²) in [6, 6.07) is 16.7. The molecule has 1 N–H and O–H groups in total. The molecular weight excluding hydrogens is 432 g/mol. The minimum absolute atomic E-state index is 0.0958. The zero-order valence-corrected chi connectivity index (χ0v) is 17.6. The summed E-state index contributed by atoms with van der Waals surface area (Å²) in [5.74, 6) is 1.23. The number of halogens is 1. The number of fused-ring (bicyclic) bond motifs is 1. The lowest BCUT2D eigenvalue weighted by atomic mass is 10.1. The van der Waals surface area contributed by atoms with Crippen LogP contribution in [0.15, 0.2) is 68.5 Å². The molecule has 1 aromatic heterocycles. The first-order chi connectivity index (χ1) is 14.1. The highest BCUT2D eigenvalue weighted by molar-refractivity contribution is 9.10. The van der Waals surface area contributed by atoms with Crippen LogP contribution in [0.5, 0.6) is 11.5 Å². The van der Waals surface area contributed by atoms with Crippen LogP contribution in [0.1, 0.15) is 18.1 Å². The molecule has 0 aliphatic rings. The molecular formula is C23H19BrN2O3. The monoisotopic (exact) mass is 450 g/mol. The number of phenolic OH excluding ortho intramolecular Hbond substituents is 1. The zero-order chi connectivity index (χ0) is 20.4. The summed E-state index contributed by atoms with van der Waals surface area (Å²) in [6.07, 6.45) is 2.68. The predicted octanol–water partition coefficient (Wildman–Crippen LogP) is 6.28. The van der Waals surface area contributed by atoms with Gasteiger partial charge in [-0.2, -0.15) is 0 Å². The highest BCUT2D eigenvalue weighted by Gasteiger charge is 2.13. The van der Waals surface area contributed by atoms with Crippen LogP contribution in [0.2, 0.25) is 0 Å². The standard InChI is InChI=1S/C23H19BrN2O3/c1-3-14-4-9-22-19(11-14)26-23(29-22)17-12-16(6-7-20(17)27)25-13-15-5-8-21(28-2)18(24)10-15/h4-13,27H,3H2,1-2H3. The molecule has 146 valence electrons. The summed E-state index contributed by atoms with van der Waals surface area (Å²) in [4.78, 5) is 9.06. The van der Waals surface area contributed by atoms with Gasteiger partial charge in [0.05, 0.1) is 22.8 Å². The zero-order valence-electron chi connectivity index (χ0n) is 16.0. The van der Waals surface area contributed by atoms with Gasteiger partial charge in [0.25, 0.3) is 0 Å². The van der Waals surface area contributed by atoms with Crippen molar-refractivity contribution in [2.45, 2.75) is 13.3 Å². The number of nitrogens with zero attached hydrogens (tertiary/aromatic N) is 2. The van der Waals surface area contributed by atoms with Crippen molar-refractivity contribution in [2.24, 2.45) is 4.99 Å². The number of aryl methyl sites for hydroxylation is 1. The van der Waals surface area contributed by atoms with Gasteiger partial charge in [-0.05, 0) is 82.0 Å². The summed E-state index contributed by atoms with van der Waals surface area (Å²) in [5.41, 5.74) is 4.75. The number of benzene rings is 3. The van der Waals surface area contributed by atoms with Crippen LogP contribution in [0, 0.1) is 0 Å². The van der Waals surface area contributed by atoms with Gasteiger partial charge in [-0.15, -0.1) is 0 Å². The van der Waals surface area contributed by atoms with E-state index in [2.05, 4.69) is 32.8 Å². The molecule has 0 aliphatic heterocycles. The predicted molar refractivity (Wildman–Crippen MR) is 118 cm³/mol. The molecule has 0 saturated carbocycles. The van der Waals surface area contributed by atoms with Crippen LogP contribution in [0.25, 0.3) is 22.6 Å². The molecule has 0 fully saturated rings. The third-order valence-electron chi connectivity index (χ3n) is 4.61. The van der Waals surface area contributed by atoms with Gasteiger partial charge < -0.3 is 14.3 Å². The molecule has 0 saturated heterocycles. The average Bonchev–Trinajstić information content (AvgIpc) is 3.16. The highest BCUT2D eigenvalue weighted by Crippen LogP contribution is 2.34. The lowest BCUT2D eigenvalue weighted by Gasteiger charge is -2.04. The van der Waals surface area contributed by atoms with Crippen molar-refractivity contribution in [2.75, 3.05) is 7.11 Å². The van der Waals surface area contributed by atoms with Crippen molar-refractivity contribution in [3.05, 3.63) is 70.2 Å². The minimum atomic E-state index is 0.0958. The number of rotatable bonds is 5. The van der Waals surface area contributed by atoms with E-state index in [-0.39, 0.29) is 5.75 Å². The third kappa shape index (κ3) is 4.03. The summed E-state index contributed by atoms with van der Waals surface area (Å²) in [5, 5.41) is 10.3. The Hall–Kier alpha value is -3.12. The van der Waals surface area contributed by atoms with Crippen molar-refractivity contribution >= 4 is 38.9 Å². The van der Waals surface area contributed by atoms with Crippen LogP contribution in [-0.2, 0) is 6.42 Å². The van der Waals surface area contributed by atoms with Crippen molar-refractivity contribution in [3.63, 3.8) is 0 Å². The smallest absolute Gasteiger partial charge is 0.231 e. The van der Waals surface area contributed by atoms with E-state index in [1.807, 2.05) is 36.4 Å². The Morgan fingerprint density at radius 3 is 2.76 bits per heavy atom. The molecule has 5 nitrogen and oxygen atoms in total. The van der Waals surface area contributed by atoms with Gasteiger partial charge in [0.15, 0.2) is 5.58 Å². The normalized spacial score (nSPS) is 11.4. The number of hydrogen-bond acceptors (Lipinski definition) is 5. The van der Waals surface area contributed by atoms with E-state index >= 15 is 0 Å². The van der Waals surface area contributed by atoms with Crippen molar-refractivity contribution < 1.29 is 14.3 Å². The lowest BCUT2D eigenvalue weighted by molar-refractivity contribution is 0.412. The van der Waals surface area contributed by atoms with Crippen molar-refractivity contribution in [1.29, 1.82) is 0 Å². The summed E-state index contributed by atoms with van der Waals surface area (Å²) >= 11 is 3.47. The number of aromatic nitrogens is 1. The number of methoxy groups -OCH3 is 1. The van der Waals surface area contributed by atoms with E-state index in [1.54, 1.807) is 31.5 Å². The van der Waals surface area contributed by atoms with Crippen LogP contribution in [-0.4, -0.2) is 23.4 Å². The van der Waals surface area contributed by atoms with Gasteiger partial charge in [-0.1, -0.05) is 13.0 Å². The molecule has 29 heavy (non-hydrogen) atoms. The molecule has 1 heterocycles. The molecule has 4 aromatic rings. The summed E-state index contributed by atoms with van der Waals surface area (Å²) < 4.78 is 11.9. The maximum absolute atomic E-state index is 10.3. The number of oxazole rings is 1. The number of phenols is 1. The van der Waals surface area contributed by atoms with E-state index in [4.69, 9.17) is 9.15 Å². The SMILES string of the molecule is CCc1ccc2oc(-c3cc(N=Cc4ccc(OC)c(Br)c4)ccc3O)nc2c1. The quantitative estimate of drug-likeness (QED) is 0.363. The Morgan fingerprint density at radius 1 is 1.14 bits per heavy atom. The van der Waals surface area contributed by atoms with E-state index in [0.29, 0.717) is 22.7 Å². The second kappa shape index (κ2) is 8.09. The van der Waals surface area contributed by atoms with Crippen LogP contribution >= 0.6 is 15.9 Å². The second-order valence-corrected chi connectivity index (χ2v) is 7.38. The van der Waals surface area contributed by atoms with Crippen molar-refractivity contribution in [1.82, 2.24) is 4.98 Å². The lowest BCUT2D eigenvalue weighted by Crippen LogP contribution is -1.87. The molecule has 0 amide bonds. The molecule has 0 atom stereocenters. The van der Waals surface area contributed by atoms with Gasteiger partial charge in [0.1, 0.15) is 17.0 Å². The Labute approximate surface area is 176 Å². The highest BCUT2D eigenvalue weighted by atomic mass is 79.9. The first-order valence-electron chi connectivity index (χ1n) is 9.18. The molecule has 0 unspecified atom stereocenters. The minimum Gasteiger partial charge on any atom is -0.507 e. The first-order valence-corrected chi connectivity index (χ1v) is 9.97. The number of aromatic hydroxyl groups is 1. The third-order valence-corrected chi connectivity index (χ3v) is 5.23. The van der Waals surface area contributed by atoms with Gasteiger partial charge in [-0.3, -0.25) is 4.99 Å². The molecule has 4 rings (SSSR count). The fourth-order valence-corrected chi connectivity index (χ4v) is 3.55. The average molecular weight is 451 g/mol. The Kier molecular flexibility index (Phi) is 5.36. The number of hydrogen-bond donors (Lipinski definition) is 1. The molecule has 0 spiro atoms. The van der Waals surface area contributed by atoms with E-state index in [9.17, 15) is 5.11 Å².